The van der Waals surface area contributed by atoms with Gasteiger partial charge < -0.3 is 0 Å². The molecule has 8 heteroatoms. The van der Waals surface area contributed by atoms with Gasteiger partial charge in [0.25, 0.3) is 0 Å². The average molecular weight is 757 g/mol. The van der Waals surface area contributed by atoms with Gasteiger partial charge in [-0.3, -0.25) is 9.97 Å². The zero-order chi connectivity index (χ0) is 40.1. The number of alkyl halides is 6. The molecule has 0 saturated carbocycles. The van der Waals surface area contributed by atoms with Crippen LogP contribution < -0.4 is 0 Å². The van der Waals surface area contributed by atoms with Crippen LogP contribution in [0.3, 0.4) is 0 Å². The molecule has 0 fully saturated rings. The van der Waals surface area contributed by atoms with E-state index in [1.165, 1.54) is 24.3 Å². The highest BCUT2D eigenvalue weighted by atomic mass is 19.4. The first-order valence-electron chi connectivity index (χ1n) is 18.1. The second-order valence-corrected chi connectivity index (χ2v) is 14.3. The Morgan fingerprint density at radius 1 is 0.375 bits per heavy atom. The highest BCUT2D eigenvalue weighted by molar-refractivity contribution is 6.00. The fourth-order valence-electron chi connectivity index (χ4n) is 8.50. The molecule has 5 aromatic carbocycles. The summed E-state index contributed by atoms with van der Waals surface area (Å²) in [5.41, 5.74) is 8.92. The molecule has 7 aromatic rings. The van der Waals surface area contributed by atoms with Gasteiger partial charge in [-0.25, -0.2) is 0 Å². The van der Waals surface area contributed by atoms with Crippen molar-refractivity contribution in [1.29, 1.82) is 0 Å². The van der Waals surface area contributed by atoms with Crippen molar-refractivity contribution in [1.82, 2.24) is 9.97 Å². The van der Waals surface area contributed by atoms with Gasteiger partial charge in [0, 0.05) is 35.9 Å². The summed E-state index contributed by atoms with van der Waals surface area (Å²) in [6.45, 7) is 11.5. The van der Waals surface area contributed by atoms with Crippen molar-refractivity contribution in [3.05, 3.63) is 166 Å². The lowest BCUT2D eigenvalue weighted by Gasteiger charge is -2.26. The van der Waals surface area contributed by atoms with E-state index in [1.807, 2.05) is 77.9 Å². The highest BCUT2D eigenvalue weighted by Gasteiger charge is 2.37. The first-order valence-corrected chi connectivity index (χ1v) is 18.1. The number of nitrogens with zero attached hydrogens (tertiary/aromatic N) is 2. The normalized spacial score (nSPS) is 11.9. The summed E-state index contributed by atoms with van der Waals surface area (Å²) in [5, 5.41) is 0. The smallest absolute Gasteiger partial charge is 0.264 e. The van der Waals surface area contributed by atoms with Crippen molar-refractivity contribution >= 4 is 0 Å². The van der Waals surface area contributed by atoms with Crippen LogP contribution in [0, 0.1) is 41.5 Å². The summed E-state index contributed by atoms with van der Waals surface area (Å²) in [6, 6.07) is 25.5. The van der Waals surface area contributed by atoms with Gasteiger partial charge in [0.1, 0.15) is 0 Å². The average Bonchev–Trinajstić information content (AvgIpc) is 3.15. The molecular weight excluding hydrogens is 719 g/mol. The van der Waals surface area contributed by atoms with E-state index >= 15 is 0 Å². The third-order valence-corrected chi connectivity index (χ3v) is 10.6. The zero-order valence-corrected chi connectivity index (χ0v) is 31.7. The standard InChI is InChI=1S/C48H38F6N2/c1-27-21-29(3)45(31(5)43(27)33-13-11-19-55-25-33)39-23-38(36-16-8-10-18-42(36)48(52,53)54)40(24-37(39)35-15-7-9-17-41(35)47(49,50)51)46-30(4)22-28(2)44(32(46)6)34-14-12-20-56-26-34/h7-26H,1-6H3. The number of aromatic nitrogens is 2. The van der Waals surface area contributed by atoms with E-state index in [1.54, 1.807) is 49.1 Å². The Morgan fingerprint density at radius 2 is 0.732 bits per heavy atom. The lowest BCUT2D eigenvalue weighted by molar-refractivity contribution is -0.137. The minimum atomic E-state index is -4.73. The molecule has 0 amide bonds. The van der Waals surface area contributed by atoms with Crippen LogP contribution in [-0.4, -0.2) is 9.97 Å². The number of halogens is 6. The lowest BCUT2D eigenvalue weighted by Crippen LogP contribution is -2.09. The predicted octanol–water partition coefficient (Wildman–Crippen LogP) is 14.4. The molecule has 2 heterocycles. The molecule has 0 radical (unpaired) electrons. The molecule has 0 aliphatic heterocycles. The monoisotopic (exact) mass is 756 g/mol. The highest BCUT2D eigenvalue weighted by Crippen LogP contribution is 2.51. The van der Waals surface area contributed by atoms with E-state index < -0.39 is 23.5 Å². The molecule has 0 N–H and O–H groups in total. The fraction of sp³-hybridized carbons (Fsp3) is 0.167. The number of hydrogen-bond acceptors (Lipinski definition) is 2. The lowest BCUT2D eigenvalue weighted by atomic mass is 9.78. The number of aryl methyl sites for hydroxylation is 4. The van der Waals surface area contributed by atoms with Crippen LogP contribution in [0.15, 0.2) is 122 Å². The molecule has 0 unspecified atom stereocenters. The van der Waals surface area contributed by atoms with Gasteiger partial charge in [0.15, 0.2) is 0 Å². The van der Waals surface area contributed by atoms with Gasteiger partial charge >= 0.3 is 12.4 Å². The van der Waals surface area contributed by atoms with Crippen molar-refractivity contribution in [2.45, 2.75) is 53.9 Å². The SMILES string of the molecule is Cc1cc(C)c(-c2cc(-c3ccccc3C(F)(F)F)c(-c3c(C)cc(C)c(-c4cccnc4)c3C)cc2-c2ccccc2C(F)(F)F)c(C)c1-c1cccnc1. The molecule has 0 saturated heterocycles. The fourth-order valence-corrected chi connectivity index (χ4v) is 8.50. The summed E-state index contributed by atoms with van der Waals surface area (Å²) < 4.78 is 90.0. The quantitative estimate of drug-likeness (QED) is 0.158. The van der Waals surface area contributed by atoms with Crippen molar-refractivity contribution in [2.24, 2.45) is 0 Å². The maximum absolute atomic E-state index is 15.0. The Labute approximate surface area is 322 Å². The number of rotatable bonds is 6. The Morgan fingerprint density at radius 3 is 1.07 bits per heavy atom. The van der Waals surface area contributed by atoms with E-state index in [0.717, 1.165) is 67.8 Å². The molecule has 0 atom stereocenters. The van der Waals surface area contributed by atoms with Crippen molar-refractivity contribution in [3.8, 4) is 66.8 Å². The first kappa shape index (κ1) is 38.3. The maximum atomic E-state index is 15.0. The van der Waals surface area contributed by atoms with Crippen molar-refractivity contribution in [3.63, 3.8) is 0 Å². The Balaban J connectivity index is 1.71. The molecule has 56 heavy (non-hydrogen) atoms. The minimum absolute atomic E-state index is 0.0795. The van der Waals surface area contributed by atoms with E-state index in [2.05, 4.69) is 9.97 Å². The van der Waals surface area contributed by atoms with Gasteiger partial charge in [-0.05, 0) is 167 Å². The summed E-state index contributed by atoms with van der Waals surface area (Å²) in [6.07, 6.45) is -2.68. The van der Waals surface area contributed by atoms with Crippen LogP contribution in [0.5, 0.6) is 0 Å². The molecule has 0 spiro atoms. The predicted molar refractivity (Wildman–Crippen MR) is 213 cm³/mol. The number of pyridine rings is 2. The minimum Gasteiger partial charge on any atom is -0.264 e. The van der Waals surface area contributed by atoms with E-state index in [-0.39, 0.29) is 22.3 Å². The zero-order valence-electron chi connectivity index (χ0n) is 31.7. The van der Waals surface area contributed by atoms with Gasteiger partial charge in [-0.2, -0.15) is 26.3 Å². The molecule has 0 aliphatic carbocycles. The Hall–Kier alpha value is -6.02. The van der Waals surface area contributed by atoms with E-state index in [0.29, 0.717) is 22.3 Å². The van der Waals surface area contributed by atoms with Crippen molar-refractivity contribution in [2.75, 3.05) is 0 Å². The van der Waals surface area contributed by atoms with E-state index in [4.69, 9.17) is 0 Å². The van der Waals surface area contributed by atoms with Gasteiger partial charge in [-0.1, -0.05) is 60.7 Å². The maximum Gasteiger partial charge on any atom is 0.417 e. The summed E-state index contributed by atoms with van der Waals surface area (Å²) in [7, 11) is 0. The third-order valence-electron chi connectivity index (χ3n) is 10.6. The Kier molecular flexibility index (Phi) is 9.95. The van der Waals surface area contributed by atoms with Crippen molar-refractivity contribution < 1.29 is 26.3 Å². The molecule has 2 nitrogen and oxygen atoms in total. The summed E-state index contributed by atoms with van der Waals surface area (Å²) >= 11 is 0. The number of benzene rings is 5. The number of hydrogen-bond donors (Lipinski definition) is 0. The molecule has 282 valence electrons. The molecule has 0 aliphatic rings. The molecule has 0 bridgehead atoms. The van der Waals surface area contributed by atoms with E-state index in [9.17, 15) is 26.3 Å². The molecule has 7 rings (SSSR count). The molecular formula is C48H38F6N2. The first-order chi connectivity index (χ1) is 26.6. The molecule has 2 aromatic heterocycles. The van der Waals surface area contributed by atoms with Gasteiger partial charge in [0.05, 0.1) is 11.1 Å². The topological polar surface area (TPSA) is 25.8 Å². The largest absolute Gasteiger partial charge is 0.417 e. The van der Waals surface area contributed by atoms with Gasteiger partial charge in [0.2, 0.25) is 0 Å². The Bertz CT molecular complexity index is 2420. The summed E-state index contributed by atoms with van der Waals surface area (Å²) in [5.74, 6) is 0. The second kappa shape index (κ2) is 14.6. The second-order valence-electron chi connectivity index (χ2n) is 14.3. The van der Waals surface area contributed by atoms with Crippen LogP contribution in [0.4, 0.5) is 26.3 Å². The van der Waals surface area contributed by atoms with Crippen LogP contribution in [-0.2, 0) is 12.4 Å². The van der Waals surface area contributed by atoms with Crippen LogP contribution in [0.1, 0.15) is 44.5 Å². The van der Waals surface area contributed by atoms with Crippen LogP contribution >= 0.6 is 0 Å². The van der Waals surface area contributed by atoms with Crippen LogP contribution in [0.2, 0.25) is 0 Å². The van der Waals surface area contributed by atoms with Crippen LogP contribution in [0.25, 0.3) is 66.8 Å². The van der Waals surface area contributed by atoms with Gasteiger partial charge in [-0.15, -0.1) is 0 Å². The third kappa shape index (κ3) is 6.89. The summed E-state index contributed by atoms with van der Waals surface area (Å²) in [4.78, 5) is 8.64.